The average molecular weight is 446 g/mol. The van der Waals surface area contributed by atoms with Gasteiger partial charge in [-0.1, -0.05) is 12.1 Å². The van der Waals surface area contributed by atoms with Crippen molar-refractivity contribution < 1.29 is 44.7 Å². The highest BCUT2D eigenvalue weighted by Crippen LogP contribution is 2.28. The van der Waals surface area contributed by atoms with Crippen LogP contribution in [0.4, 0.5) is 26.7 Å². The second-order valence-corrected chi connectivity index (χ2v) is 5.90. The SMILES string of the molecule is CCn1c(OC(F)F)nn(C(=O)NOS(=O)c2ccccc2OC(F)(F)F)c1=O. The Morgan fingerprint density at radius 1 is 1.31 bits per heavy atom. The van der Waals surface area contributed by atoms with Crippen molar-refractivity contribution in [2.75, 3.05) is 0 Å². The largest absolute Gasteiger partial charge is 0.573 e. The van der Waals surface area contributed by atoms with Crippen molar-refractivity contribution in [3.8, 4) is 11.8 Å². The quantitative estimate of drug-likeness (QED) is 0.510. The number of hydrogen-bond acceptors (Lipinski definition) is 7. The number of nitrogens with zero attached hydrogens (tertiary/aromatic N) is 3. The zero-order valence-corrected chi connectivity index (χ0v) is 15.0. The molecule has 1 amide bonds. The van der Waals surface area contributed by atoms with Gasteiger partial charge in [0, 0.05) is 6.54 Å². The molecule has 1 unspecified atom stereocenters. The Hall–Kier alpha value is -3.01. The van der Waals surface area contributed by atoms with Crippen LogP contribution in [-0.2, 0) is 21.9 Å². The Morgan fingerprint density at radius 2 is 1.97 bits per heavy atom. The van der Waals surface area contributed by atoms with Crippen LogP contribution in [-0.4, -0.2) is 37.6 Å². The molecule has 2 aromatic rings. The number of alkyl halides is 5. The molecule has 10 nitrogen and oxygen atoms in total. The molecule has 0 spiro atoms. The van der Waals surface area contributed by atoms with E-state index in [1.54, 1.807) is 0 Å². The molecule has 0 fully saturated rings. The summed E-state index contributed by atoms with van der Waals surface area (Å²) in [7, 11) is 0. The number of hydrogen-bond donors (Lipinski definition) is 1. The van der Waals surface area contributed by atoms with Crippen molar-refractivity contribution in [3.05, 3.63) is 34.7 Å². The molecule has 1 aromatic carbocycles. The summed E-state index contributed by atoms with van der Waals surface area (Å²) in [4.78, 5) is 23.3. The molecule has 0 aliphatic carbocycles. The van der Waals surface area contributed by atoms with Gasteiger partial charge in [0.2, 0.25) is 11.1 Å². The van der Waals surface area contributed by atoms with E-state index in [1.165, 1.54) is 24.5 Å². The minimum atomic E-state index is -5.08. The molecule has 0 bridgehead atoms. The molecule has 1 atom stereocenters. The Balaban J connectivity index is 2.15. The van der Waals surface area contributed by atoms with E-state index in [2.05, 4.69) is 18.9 Å². The van der Waals surface area contributed by atoms with Crippen LogP contribution in [0.15, 0.2) is 34.0 Å². The van der Waals surface area contributed by atoms with E-state index in [0.29, 0.717) is 4.57 Å². The van der Waals surface area contributed by atoms with Gasteiger partial charge in [0.15, 0.2) is 0 Å². The minimum absolute atomic E-state index is 0.0382. The summed E-state index contributed by atoms with van der Waals surface area (Å²) in [5.74, 6) is -0.854. The number of nitrogens with one attached hydrogen (secondary N) is 1. The lowest BCUT2D eigenvalue weighted by Crippen LogP contribution is -2.38. The third-order valence-corrected chi connectivity index (χ3v) is 3.92. The summed E-state index contributed by atoms with van der Waals surface area (Å²) in [5, 5.41) is 3.24. The van der Waals surface area contributed by atoms with Gasteiger partial charge in [-0.2, -0.15) is 18.5 Å². The van der Waals surface area contributed by atoms with E-state index in [4.69, 9.17) is 0 Å². The Morgan fingerprint density at radius 3 is 2.55 bits per heavy atom. The summed E-state index contributed by atoms with van der Waals surface area (Å²) >= 11 is -2.70. The van der Waals surface area contributed by atoms with Crippen LogP contribution in [0.25, 0.3) is 0 Å². The van der Waals surface area contributed by atoms with E-state index in [0.717, 1.165) is 12.1 Å². The van der Waals surface area contributed by atoms with Gasteiger partial charge in [0.25, 0.3) is 0 Å². The van der Waals surface area contributed by atoms with Gasteiger partial charge in [-0.25, -0.2) is 18.4 Å². The number of aromatic nitrogens is 3. The Bertz CT molecular complexity index is 960. The van der Waals surface area contributed by atoms with Crippen LogP contribution >= 0.6 is 0 Å². The number of ether oxygens (including phenoxy) is 2. The minimum Gasteiger partial charge on any atom is -0.404 e. The van der Waals surface area contributed by atoms with Gasteiger partial charge in [-0.3, -0.25) is 0 Å². The summed E-state index contributed by atoms with van der Waals surface area (Å²) in [6.45, 7) is -2.12. The summed E-state index contributed by atoms with van der Waals surface area (Å²) in [6, 6.07) is 1.88. The summed E-state index contributed by atoms with van der Waals surface area (Å²) < 4.78 is 86.6. The lowest BCUT2D eigenvalue weighted by atomic mass is 10.3. The van der Waals surface area contributed by atoms with Crippen molar-refractivity contribution in [3.63, 3.8) is 0 Å². The predicted molar refractivity (Wildman–Crippen MR) is 83.3 cm³/mol. The molecule has 0 aliphatic rings. The maximum absolute atomic E-state index is 12.4. The zero-order valence-electron chi connectivity index (χ0n) is 14.2. The average Bonchev–Trinajstić information content (AvgIpc) is 2.93. The lowest BCUT2D eigenvalue weighted by Gasteiger charge is -2.12. The highest BCUT2D eigenvalue weighted by atomic mass is 32.2. The first-order valence-corrected chi connectivity index (χ1v) is 8.49. The molecule has 16 heteroatoms. The standard InChI is InChI=1S/C13H11F5N4O6S/c1-2-21-11(26-9(14)15)19-22(12(21)24)10(23)20-28-29(25)8-6-4-3-5-7(8)27-13(16,17)18/h3-6,9H,2H2,1H3,(H,20,23). The van der Waals surface area contributed by atoms with Crippen LogP contribution < -0.4 is 20.6 Å². The molecular weight excluding hydrogens is 435 g/mol. The third-order valence-electron chi connectivity index (χ3n) is 2.99. The van der Waals surface area contributed by atoms with E-state index < -0.39 is 52.4 Å². The molecule has 0 radical (unpaired) electrons. The lowest BCUT2D eigenvalue weighted by molar-refractivity contribution is -0.275. The van der Waals surface area contributed by atoms with E-state index in [9.17, 15) is 35.8 Å². The highest BCUT2D eigenvalue weighted by molar-refractivity contribution is 7.80. The fourth-order valence-corrected chi connectivity index (χ4v) is 2.61. The molecular formula is C13H11F5N4O6S. The van der Waals surface area contributed by atoms with Crippen molar-refractivity contribution in [2.24, 2.45) is 0 Å². The maximum Gasteiger partial charge on any atom is 0.573 e. The van der Waals surface area contributed by atoms with Gasteiger partial charge in [-0.05, 0) is 19.1 Å². The zero-order chi connectivity index (χ0) is 21.8. The second-order valence-electron chi connectivity index (χ2n) is 4.82. The molecule has 29 heavy (non-hydrogen) atoms. The van der Waals surface area contributed by atoms with E-state index in [-0.39, 0.29) is 11.2 Å². The van der Waals surface area contributed by atoms with Gasteiger partial charge >= 0.3 is 30.7 Å². The highest BCUT2D eigenvalue weighted by Gasteiger charge is 2.33. The number of rotatable bonds is 7. The van der Waals surface area contributed by atoms with Gasteiger partial charge in [-0.15, -0.1) is 23.0 Å². The van der Waals surface area contributed by atoms with Gasteiger partial charge in [0.1, 0.15) is 10.6 Å². The number of carbonyl (C=O) groups is 1. The molecule has 1 heterocycles. The normalized spacial score (nSPS) is 12.7. The van der Waals surface area contributed by atoms with Crippen molar-refractivity contribution >= 4 is 17.1 Å². The van der Waals surface area contributed by atoms with Crippen LogP contribution in [0.5, 0.6) is 11.8 Å². The fourth-order valence-electron chi connectivity index (χ4n) is 1.91. The Labute approximate surface area is 160 Å². The molecule has 2 rings (SSSR count). The summed E-state index contributed by atoms with van der Waals surface area (Å²) in [6.07, 6.45) is -5.08. The predicted octanol–water partition coefficient (Wildman–Crippen LogP) is 1.78. The molecule has 0 saturated carbocycles. The topological polar surface area (TPSA) is 114 Å². The smallest absolute Gasteiger partial charge is 0.404 e. The van der Waals surface area contributed by atoms with E-state index in [1.807, 2.05) is 0 Å². The van der Waals surface area contributed by atoms with Crippen molar-refractivity contribution in [1.82, 2.24) is 19.8 Å². The van der Waals surface area contributed by atoms with Crippen molar-refractivity contribution in [2.45, 2.75) is 31.3 Å². The number of carbonyl (C=O) groups excluding carboxylic acids is 1. The molecule has 0 aliphatic heterocycles. The van der Waals surface area contributed by atoms with Crippen molar-refractivity contribution in [1.29, 1.82) is 0 Å². The van der Waals surface area contributed by atoms with Gasteiger partial charge in [0.05, 0.1) is 0 Å². The Kier molecular flexibility index (Phi) is 6.91. The van der Waals surface area contributed by atoms with Crippen LogP contribution in [0.1, 0.15) is 6.92 Å². The summed E-state index contributed by atoms with van der Waals surface area (Å²) in [5.41, 5.74) is 0.330. The number of amides is 1. The molecule has 1 N–H and O–H groups in total. The monoisotopic (exact) mass is 446 g/mol. The third kappa shape index (κ3) is 5.74. The van der Waals surface area contributed by atoms with Crippen LogP contribution in [0.2, 0.25) is 0 Å². The van der Waals surface area contributed by atoms with E-state index >= 15 is 0 Å². The molecule has 1 aromatic heterocycles. The fraction of sp³-hybridized carbons (Fsp3) is 0.308. The number of benzene rings is 1. The van der Waals surface area contributed by atoms with Crippen LogP contribution in [0, 0.1) is 0 Å². The first-order valence-electron chi connectivity index (χ1n) is 7.42. The first kappa shape index (κ1) is 22.3. The van der Waals surface area contributed by atoms with Crippen LogP contribution in [0.3, 0.4) is 0 Å². The van der Waals surface area contributed by atoms with Gasteiger partial charge < -0.3 is 9.47 Å². The molecule has 160 valence electrons. The number of para-hydroxylation sites is 1. The molecule has 0 saturated heterocycles. The number of hydroxylamine groups is 1. The number of halogens is 5. The first-order chi connectivity index (χ1) is 13.5. The second kappa shape index (κ2) is 8.99. The maximum atomic E-state index is 12.4.